The van der Waals surface area contributed by atoms with E-state index in [-0.39, 0.29) is 11.4 Å². The van der Waals surface area contributed by atoms with Crippen LogP contribution in [-0.2, 0) is 17.3 Å². The second-order valence-corrected chi connectivity index (χ2v) is 3.71. The van der Waals surface area contributed by atoms with Crippen molar-refractivity contribution in [1.29, 1.82) is 5.26 Å². The Labute approximate surface area is 80.5 Å². The molecule has 0 aromatic carbocycles. The molecule has 1 rings (SSSR count). The quantitative estimate of drug-likeness (QED) is 0.525. The standard InChI is InChI=1S/C5H8N6O2S/c1-11-5(4(2-6)3-8-11)9-10-14(7,12)13/h3,9-10H,1H3,(H2,7,12,13). The van der Waals surface area contributed by atoms with Gasteiger partial charge in [-0.05, 0) is 0 Å². The van der Waals surface area contributed by atoms with Crippen molar-refractivity contribution in [3.8, 4) is 6.07 Å². The fraction of sp³-hybridized carbons (Fsp3) is 0.200. The van der Waals surface area contributed by atoms with Gasteiger partial charge in [-0.2, -0.15) is 18.8 Å². The lowest BCUT2D eigenvalue weighted by molar-refractivity contribution is 0.588. The van der Waals surface area contributed by atoms with E-state index in [1.165, 1.54) is 10.9 Å². The van der Waals surface area contributed by atoms with Gasteiger partial charge in [-0.3, -0.25) is 10.1 Å². The second-order valence-electron chi connectivity index (χ2n) is 2.41. The SMILES string of the molecule is Cn1ncc(C#N)c1NNS(N)(=O)=O. The number of aromatic nitrogens is 2. The molecule has 1 heterocycles. The normalized spacial score (nSPS) is 10.9. The number of aryl methyl sites for hydroxylation is 1. The Morgan fingerprint density at radius 2 is 2.36 bits per heavy atom. The van der Waals surface area contributed by atoms with Gasteiger partial charge in [-0.25, -0.2) is 5.14 Å². The van der Waals surface area contributed by atoms with Crippen LogP contribution in [0.4, 0.5) is 5.82 Å². The molecule has 1 aromatic rings. The number of nitrogens with zero attached hydrogens (tertiary/aromatic N) is 3. The molecule has 0 saturated heterocycles. The summed E-state index contributed by atoms with van der Waals surface area (Å²) in [6.07, 6.45) is 1.30. The number of nitriles is 1. The van der Waals surface area contributed by atoms with Crippen LogP contribution in [0.25, 0.3) is 0 Å². The first-order valence-electron chi connectivity index (χ1n) is 3.41. The number of hydrazine groups is 1. The van der Waals surface area contributed by atoms with Crippen LogP contribution in [0.2, 0.25) is 0 Å². The molecule has 0 bridgehead atoms. The number of hydrogen-bond donors (Lipinski definition) is 3. The minimum absolute atomic E-state index is 0.212. The first-order valence-corrected chi connectivity index (χ1v) is 4.96. The maximum Gasteiger partial charge on any atom is 0.291 e. The van der Waals surface area contributed by atoms with Crippen LogP contribution in [0, 0.1) is 11.3 Å². The summed E-state index contributed by atoms with van der Waals surface area (Å²) in [6, 6.07) is 1.83. The van der Waals surface area contributed by atoms with Gasteiger partial charge in [0, 0.05) is 7.05 Å². The Balaban J connectivity index is 2.87. The third-order valence-corrected chi connectivity index (χ3v) is 1.76. The number of hydrogen-bond acceptors (Lipinski definition) is 5. The topological polar surface area (TPSA) is 126 Å². The second kappa shape index (κ2) is 3.62. The van der Waals surface area contributed by atoms with Gasteiger partial charge in [0.15, 0.2) is 5.82 Å². The molecule has 8 nitrogen and oxygen atoms in total. The van der Waals surface area contributed by atoms with Gasteiger partial charge in [0.05, 0.1) is 6.20 Å². The predicted molar refractivity (Wildman–Crippen MR) is 47.8 cm³/mol. The van der Waals surface area contributed by atoms with Gasteiger partial charge < -0.3 is 0 Å². The molecule has 0 saturated carbocycles. The average molecular weight is 216 g/mol. The number of nitrogens with two attached hydrogens (primary N) is 1. The highest BCUT2D eigenvalue weighted by atomic mass is 32.2. The zero-order chi connectivity index (χ0) is 10.8. The molecule has 14 heavy (non-hydrogen) atoms. The van der Waals surface area contributed by atoms with Crippen molar-refractivity contribution in [1.82, 2.24) is 14.6 Å². The molecule has 0 amide bonds. The maximum absolute atomic E-state index is 10.5. The van der Waals surface area contributed by atoms with E-state index in [4.69, 9.17) is 5.26 Å². The predicted octanol–water partition coefficient (Wildman–Crippen LogP) is -1.59. The van der Waals surface area contributed by atoms with Gasteiger partial charge in [0.1, 0.15) is 11.6 Å². The van der Waals surface area contributed by atoms with Crippen molar-refractivity contribution in [2.45, 2.75) is 0 Å². The molecular formula is C5H8N6O2S. The van der Waals surface area contributed by atoms with E-state index in [9.17, 15) is 8.42 Å². The van der Waals surface area contributed by atoms with E-state index in [1.54, 1.807) is 7.05 Å². The van der Waals surface area contributed by atoms with Crippen LogP contribution in [-0.4, -0.2) is 18.2 Å². The van der Waals surface area contributed by atoms with Gasteiger partial charge >= 0.3 is 0 Å². The van der Waals surface area contributed by atoms with E-state index in [0.29, 0.717) is 0 Å². The minimum Gasteiger partial charge on any atom is -0.290 e. The van der Waals surface area contributed by atoms with Crippen LogP contribution in [0.3, 0.4) is 0 Å². The Hall–Kier alpha value is -1.63. The molecule has 0 unspecified atom stereocenters. The Morgan fingerprint density at radius 1 is 1.71 bits per heavy atom. The van der Waals surface area contributed by atoms with Crippen LogP contribution in [0.15, 0.2) is 6.20 Å². The van der Waals surface area contributed by atoms with E-state index in [2.05, 4.69) is 15.7 Å². The molecule has 0 atom stereocenters. The molecule has 76 valence electrons. The largest absolute Gasteiger partial charge is 0.291 e. The summed E-state index contributed by atoms with van der Waals surface area (Å²) in [6.45, 7) is 0. The highest BCUT2D eigenvalue weighted by molar-refractivity contribution is 7.87. The molecule has 0 fully saturated rings. The Morgan fingerprint density at radius 3 is 2.86 bits per heavy atom. The number of anilines is 1. The maximum atomic E-state index is 10.5. The molecule has 0 aliphatic carbocycles. The number of nitrogens with one attached hydrogen (secondary N) is 2. The number of rotatable bonds is 3. The fourth-order valence-electron chi connectivity index (χ4n) is 0.787. The summed E-state index contributed by atoms with van der Waals surface area (Å²) in [4.78, 5) is 1.83. The monoisotopic (exact) mass is 216 g/mol. The van der Waals surface area contributed by atoms with Crippen molar-refractivity contribution < 1.29 is 8.42 Å². The highest BCUT2D eigenvalue weighted by Crippen LogP contribution is 2.10. The summed E-state index contributed by atoms with van der Waals surface area (Å²) in [5.41, 5.74) is 2.48. The minimum atomic E-state index is -3.85. The molecule has 9 heteroatoms. The highest BCUT2D eigenvalue weighted by Gasteiger charge is 2.09. The third-order valence-electron chi connectivity index (χ3n) is 1.37. The fourth-order valence-corrected chi connectivity index (χ4v) is 1.03. The first-order chi connectivity index (χ1) is 6.44. The summed E-state index contributed by atoms with van der Waals surface area (Å²) in [7, 11) is -2.30. The lowest BCUT2D eigenvalue weighted by Crippen LogP contribution is -2.36. The van der Waals surface area contributed by atoms with Gasteiger partial charge in [0.25, 0.3) is 10.2 Å². The summed E-state index contributed by atoms with van der Waals surface area (Å²) >= 11 is 0. The molecule has 0 spiro atoms. The average Bonchev–Trinajstić information content (AvgIpc) is 2.41. The Kier molecular flexibility index (Phi) is 2.70. The Bertz CT molecular complexity index is 469. The lowest BCUT2D eigenvalue weighted by Gasteiger charge is -2.05. The molecule has 0 aliphatic heterocycles. The molecule has 4 N–H and O–H groups in total. The van der Waals surface area contributed by atoms with Crippen molar-refractivity contribution in [2.24, 2.45) is 12.2 Å². The zero-order valence-electron chi connectivity index (χ0n) is 7.22. The molecular weight excluding hydrogens is 208 g/mol. The smallest absolute Gasteiger partial charge is 0.290 e. The van der Waals surface area contributed by atoms with Crippen molar-refractivity contribution in [3.05, 3.63) is 11.8 Å². The summed E-state index contributed by atoms with van der Waals surface area (Å²) < 4.78 is 22.4. The van der Waals surface area contributed by atoms with Crippen LogP contribution < -0.4 is 15.4 Å². The summed E-state index contributed by atoms with van der Waals surface area (Å²) in [5.74, 6) is 0.224. The van der Waals surface area contributed by atoms with E-state index in [1.807, 2.05) is 10.9 Å². The lowest BCUT2D eigenvalue weighted by atomic mass is 10.4. The van der Waals surface area contributed by atoms with Crippen molar-refractivity contribution in [3.63, 3.8) is 0 Å². The molecule has 0 radical (unpaired) electrons. The summed E-state index contributed by atoms with van der Waals surface area (Å²) in [5, 5.41) is 17.0. The van der Waals surface area contributed by atoms with Gasteiger partial charge in [-0.15, -0.1) is 4.83 Å². The van der Waals surface area contributed by atoms with E-state index in [0.717, 1.165) is 0 Å². The van der Waals surface area contributed by atoms with Crippen molar-refractivity contribution >= 4 is 16.0 Å². The zero-order valence-corrected chi connectivity index (χ0v) is 8.04. The molecule has 0 aliphatic rings. The third kappa shape index (κ3) is 2.43. The molecule has 1 aromatic heterocycles. The first kappa shape index (κ1) is 10.5. The van der Waals surface area contributed by atoms with Gasteiger partial charge in [0.2, 0.25) is 0 Å². The van der Waals surface area contributed by atoms with Gasteiger partial charge in [-0.1, -0.05) is 0 Å². The van der Waals surface area contributed by atoms with Crippen molar-refractivity contribution in [2.75, 3.05) is 5.43 Å². The van der Waals surface area contributed by atoms with E-state index < -0.39 is 10.2 Å². The van der Waals surface area contributed by atoms with E-state index >= 15 is 0 Å². The van der Waals surface area contributed by atoms with Crippen LogP contribution >= 0.6 is 0 Å². The van der Waals surface area contributed by atoms with Crippen LogP contribution in [0.5, 0.6) is 0 Å². The van der Waals surface area contributed by atoms with Crippen LogP contribution in [0.1, 0.15) is 5.56 Å².